The van der Waals surface area contributed by atoms with Gasteiger partial charge in [0.25, 0.3) is 0 Å². The Labute approximate surface area is 96.9 Å². The summed E-state index contributed by atoms with van der Waals surface area (Å²) in [4.78, 5) is 21.8. The molecule has 0 bridgehead atoms. The number of aromatic nitrogens is 1. The number of fused-ring (bicyclic) bond motifs is 1. The Morgan fingerprint density at radius 3 is 2.93 bits per heavy atom. The Morgan fingerprint density at radius 2 is 2.27 bits per heavy atom. The van der Waals surface area contributed by atoms with Gasteiger partial charge in [0, 0.05) is 4.47 Å². The second kappa shape index (κ2) is 3.79. The number of thiazole rings is 1. The van der Waals surface area contributed by atoms with Crippen LogP contribution in [0.25, 0.3) is 10.2 Å². The first kappa shape index (κ1) is 10.4. The molecule has 0 aliphatic heterocycles. The number of benzene rings is 1. The van der Waals surface area contributed by atoms with E-state index in [0.29, 0.717) is 5.52 Å². The zero-order chi connectivity index (χ0) is 11.0. The van der Waals surface area contributed by atoms with E-state index in [1.807, 2.05) is 0 Å². The third-order valence-corrected chi connectivity index (χ3v) is 3.36. The first-order chi connectivity index (χ1) is 7.08. The normalized spacial score (nSPS) is 10.7. The number of hydrogen-bond acceptors (Lipinski definition) is 3. The predicted molar refractivity (Wildman–Crippen MR) is 61.4 cm³/mol. The van der Waals surface area contributed by atoms with Crippen LogP contribution in [-0.2, 0) is 11.3 Å². The maximum atomic E-state index is 11.5. The molecule has 1 aromatic heterocycles. The van der Waals surface area contributed by atoms with Crippen LogP contribution in [0, 0.1) is 0 Å². The molecule has 0 amide bonds. The van der Waals surface area contributed by atoms with Crippen LogP contribution in [0.15, 0.2) is 27.5 Å². The van der Waals surface area contributed by atoms with Crippen LogP contribution in [0.4, 0.5) is 0 Å². The highest BCUT2D eigenvalue weighted by Crippen LogP contribution is 2.21. The van der Waals surface area contributed by atoms with Gasteiger partial charge in [0.2, 0.25) is 0 Å². The lowest BCUT2D eigenvalue weighted by Gasteiger charge is -1.98. The van der Waals surface area contributed by atoms with Crippen LogP contribution >= 0.6 is 27.3 Å². The van der Waals surface area contributed by atoms with Gasteiger partial charge in [-0.2, -0.15) is 0 Å². The van der Waals surface area contributed by atoms with E-state index in [9.17, 15) is 9.59 Å². The quantitative estimate of drug-likeness (QED) is 0.918. The van der Waals surface area contributed by atoms with Gasteiger partial charge in [-0.25, -0.2) is 0 Å². The van der Waals surface area contributed by atoms with E-state index in [2.05, 4.69) is 15.9 Å². The van der Waals surface area contributed by atoms with Gasteiger partial charge in [-0.15, -0.1) is 0 Å². The lowest BCUT2D eigenvalue weighted by atomic mass is 10.3. The number of carboxylic acids is 1. The molecule has 2 aromatic rings. The fourth-order valence-corrected chi connectivity index (χ4v) is 2.77. The molecule has 0 aliphatic carbocycles. The number of halogens is 1. The van der Waals surface area contributed by atoms with Crippen molar-refractivity contribution in [3.05, 3.63) is 32.3 Å². The third-order valence-electron chi connectivity index (χ3n) is 1.92. The summed E-state index contributed by atoms with van der Waals surface area (Å²) in [5.41, 5.74) is 0.663. The first-order valence-electron chi connectivity index (χ1n) is 4.08. The zero-order valence-electron chi connectivity index (χ0n) is 7.44. The maximum Gasteiger partial charge on any atom is 0.323 e. The van der Waals surface area contributed by atoms with Gasteiger partial charge in [-0.1, -0.05) is 27.3 Å². The summed E-state index contributed by atoms with van der Waals surface area (Å²) < 4.78 is 2.92. The topological polar surface area (TPSA) is 59.3 Å². The van der Waals surface area contributed by atoms with Gasteiger partial charge in [0.05, 0.1) is 10.2 Å². The third kappa shape index (κ3) is 1.95. The number of rotatable bonds is 2. The van der Waals surface area contributed by atoms with Gasteiger partial charge in [0.15, 0.2) is 0 Å². The van der Waals surface area contributed by atoms with Gasteiger partial charge < -0.3 is 5.11 Å². The molecule has 0 radical (unpaired) electrons. The minimum Gasteiger partial charge on any atom is -0.480 e. The smallest absolute Gasteiger partial charge is 0.323 e. The van der Waals surface area contributed by atoms with Crippen molar-refractivity contribution in [1.29, 1.82) is 0 Å². The van der Waals surface area contributed by atoms with E-state index in [0.717, 1.165) is 20.5 Å². The molecule has 78 valence electrons. The molecule has 0 unspecified atom stereocenters. The van der Waals surface area contributed by atoms with E-state index in [1.165, 1.54) is 4.57 Å². The molecular formula is C9H6BrNO3S. The van der Waals surface area contributed by atoms with Crippen molar-refractivity contribution < 1.29 is 9.90 Å². The molecule has 6 heteroatoms. The number of carbonyl (C=O) groups is 1. The van der Waals surface area contributed by atoms with E-state index >= 15 is 0 Å². The molecule has 2 rings (SSSR count). The SMILES string of the molecule is O=C(O)Cn1c(=O)sc2cc(Br)ccc21. The van der Waals surface area contributed by atoms with Crippen molar-refractivity contribution in [2.24, 2.45) is 0 Å². The van der Waals surface area contributed by atoms with Crippen molar-refractivity contribution in [3.8, 4) is 0 Å². The molecule has 1 heterocycles. The van der Waals surface area contributed by atoms with Gasteiger partial charge in [-0.3, -0.25) is 14.2 Å². The average molecular weight is 288 g/mol. The Balaban J connectivity index is 2.68. The zero-order valence-corrected chi connectivity index (χ0v) is 9.84. The molecule has 4 nitrogen and oxygen atoms in total. The number of hydrogen-bond donors (Lipinski definition) is 1. The van der Waals surface area contributed by atoms with Gasteiger partial charge >= 0.3 is 10.8 Å². The first-order valence-corrected chi connectivity index (χ1v) is 5.69. The molecule has 0 aliphatic rings. The minimum absolute atomic E-state index is 0.245. The molecule has 0 spiro atoms. The Hall–Kier alpha value is -1.14. The second-order valence-corrected chi connectivity index (χ2v) is 4.87. The van der Waals surface area contributed by atoms with Crippen LogP contribution in [0.2, 0.25) is 0 Å². The predicted octanol–water partition coefficient (Wildman–Crippen LogP) is 1.91. The Bertz CT molecular complexity index is 587. The summed E-state index contributed by atoms with van der Waals surface area (Å²) in [6, 6.07) is 5.33. The highest BCUT2D eigenvalue weighted by atomic mass is 79.9. The van der Waals surface area contributed by atoms with Crippen LogP contribution in [-0.4, -0.2) is 15.6 Å². The molecule has 1 N–H and O–H groups in total. The number of aliphatic carboxylic acids is 1. The van der Waals surface area contributed by atoms with Crippen LogP contribution in [0.5, 0.6) is 0 Å². The van der Waals surface area contributed by atoms with Crippen molar-refractivity contribution in [2.45, 2.75) is 6.54 Å². The molecule has 15 heavy (non-hydrogen) atoms. The Morgan fingerprint density at radius 1 is 1.53 bits per heavy atom. The summed E-state index contributed by atoms with van der Waals surface area (Å²) in [6.45, 7) is -0.291. The molecule has 0 saturated carbocycles. The fourth-order valence-electron chi connectivity index (χ4n) is 1.33. The monoisotopic (exact) mass is 287 g/mol. The Kier molecular flexibility index (Phi) is 2.62. The molecule has 0 atom stereocenters. The van der Waals surface area contributed by atoms with Crippen LogP contribution < -0.4 is 4.87 Å². The minimum atomic E-state index is -1.01. The fraction of sp³-hybridized carbons (Fsp3) is 0.111. The summed E-state index contributed by atoms with van der Waals surface area (Å²) in [5.74, 6) is -1.01. The molecule has 0 fully saturated rings. The summed E-state index contributed by atoms with van der Waals surface area (Å²) in [5, 5.41) is 8.66. The maximum absolute atomic E-state index is 11.5. The van der Waals surface area contributed by atoms with E-state index in [-0.39, 0.29) is 11.4 Å². The van der Waals surface area contributed by atoms with Gasteiger partial charge in [-0.05, 0) is 18.2 Å². The van der Waals surface area contributed by atoms with Gasteiger partial charge in [0.1, 0.15) is 6.54 Å². The van der Waals surface area contributed by atoms with Crippen molar-refractivity contribution in [2.75, 3.05) is 0 Å². The van der Waals surface area contributed by atoms with Crippen LogP contribution in [0.1, 0.15) is 0 Å². The highest BCUT2D eigenvalue weighted by molar-refractivity contribution is 9.10. The molecular weight excluding hydrogens is 282 g/mol. The lowest BCUT2D eigenvalue weighted by Crippen LogP contribution is -2.18. The van der Waals surface area contributed by atoms with Crippen molar-refractivity contribution >= 4 is 43.5 Å². The van der Waals surface area contributed by atoms with E-state index in [1.54, 1.807) is 18.2 Å². The van der Waals surface area contributed by atoms with Crippen molar-refractivity contribution in [1.82, 2.24) is 4.57 Å². The van der Waals surface area contributed by atoms with Crippen molar-refractivity contribution in [3.63, 3.8) is 0 Å². The number of carboxylic acid groups (broad SMARTS) is 1. The van der Waals surface area contributed by atoms with E-state index in [4.69, 9.17) is 5.11 Å². The van der Waals surface area contributed by atoms with E-state index < -0.39 is 5.97 Å². The molecule has 1 aromatic carbocycles. The highest BCUT2D eigenvalue weighted by Gasteiger charge is 2.10. The van der Waals surface area contributed by atoms with Crippen LogP contribution in [0.3, 0.4) is 0 Å². The largest absolute Gasteiger partial charge is 0.480 e. The average Bonchev–Trinajstić information content (AvgIpc) is 2.41. The second-order valence-electron chi connectivity index (χ2n) is 2.96. The summed E-state index contributed by atoms with van der Waals surface area (Å²) in [6.07, 6.45) is 0. The summed E-state index contributed by atoms with van der Waals surface area (Å²) >= 11 is 4.35. The lowest BCUT2D eigenvalue weighted by molar-refractivity contribution is -0.137. The number of nitrogens with zero attached hydrogens (tertiary/aromatic N) is 1. The molecule has 0 saturated heterocycles. The summed E-state index contributed by atoms with van der Waals surface area (Å²) in [7, 11) is 0. The standard InChI is InChI=1S/C9H6BrNO3S/c10-5-1-2-6-7(3-5)15-9(14)11(6)4-8(12)13/h1-3H,4H2,(H,12,13).